The number of amides is 1. The standard InChI is InChI=1S/C14H18BrNO2/c1-10-7-12(9-18-10)14(17)16(2)8-11-5-3-4-6-13(11)15/h3-6,10,12H,7-9H2,1-2H3. The molecule has 0 saturated carbocycles. The molecule has 4 heteroatoms. The van der Waals surface area contributed by atoms with E-state index in [-0.39, 0.29) is 17.9 Å². The first-order chi connectivity index (χ1) is 8.58. The number of halogens is 1. The van der Waals surface area contributed by atoms with Gasteiger partial charge in [0.25, 0.3) is 0 Å². The topological polar surface area (TPSA) is 29.5 Å². The van der Waals surface area contributed by atoms with Crippen LogP contribution in [-0.4, -0.2) is 30.6 Å². The predicted octanol–water partition coefficient (Wildman–Crippen LogP) is 2.83. The Bertz CT molecular complexity index is 436. The highest BCUT2D eigenvalue weighted by Gasteiger charge is 2.30. The van der Waals surface area contributed by atoms with Crippen molar-refractivity contribution < 1.29 is 9.53 Å². The molecule has 0 bridgehead atoms. The van der Waals surface area contributed by atoms with Gasteiger partial charge < -0.3 is 9.64 Å². The van der Waals surface area contributed by atoms with Crippen LogP contribution in [-0.2, 0) is 16.1 Å². The van der Waals surface area contributed by atoms with Gasteiger partial charge in [0, 0.05) is 18.1 Å². The lowest BCUT2D eigenvalue weighted by Crippen LogP contribution is -2.32. The highest BCUT2D eigenvalue weighted by Crippen LogP contribution is 2.23. The third kappa shape index (κ3) is 3.12. The van der Waals surface area contributed by atoms with E-state index in [9.17, 15) is 4.79 Å². The SMILES string of the molecule is CC1CC(C(=O)N(C)Cc2ccccc2Br)CO1. The van der Waals surface area contributed by atoms with Crippen LogP contribution in [0.15, 0.2) is 28.7 Å². The van der Waals surface area contributed by atoms with Gasteiger partial charge in [-0.1, -0.05) is 34.1 Å². The number of hydrogen-bond acceptors (Lipinski definition) is 2. The number of ether oxygens (including phenoxy) is 1. The lowest BCUT2D eigenvalue weighted by molar-refractivity contribution is -0.134. The summed E-state index contributed by atoms with van der Waals surface area (Å²) >= 11 is 3.50. The summed E-state index contributed by atoms with van der Waals surface area (Å²) in [5.41, 5.74) is 1.13. The minimum atomic E-state index is 0.0208. The summed E-state index contributed by atoms with van der Waals surface area (Å²) in [6.07, 6.45) is 1.04. The van der Waals surface area contributed by atoms with E-state index in [2.05, 4.69) is 15.9 Å². The maximum atomic E-state index is 12.2. The highest BCUT2D eigenvalue weighted by molar-refractivity contribution is 9.10. The van der Waals surface area contributed by atoms with Crippen LogP contribution >= 0.6 is 15.9 Å². The number of carbonyl (C=O) groups is 1. The van der Waals surface area contributed by atoms with Crippen LogP contribution in [0.4, 0.5) is 0 Å². The lowest BCUT2D eigenvalue weighted by Gasteiger charge is -2.21. The van der Waals surface area contributed by atoms with Crippen molar-refractivity contribution >= 4 is 21.8 Å². The van der Waals surface area contributed by atoms with Crippen molar-refractivity contribution in [3.8, 4) is 0 Å². The molecule has 1 saturated heterocycles. The van der Waals surface area contributed by atoms with Crippen molar-refractivity contribution in [2.75, 3.05) is 13.7 Å². The summed E-state index contributed by atoms with van der Waals surface area (Å²) in [5, 5.41) is 0. The number of hydrogen-bond donors (Lipinski definition) is 0. The quantitative estimate of drug-likeness (QED) is 0.859. The van der Waals surface area contributed by atoms with Crippen LogP contribution in [0.1, 0.15) is 18.9 Å². The molecule has 0 radical (unpaired) electrons. The second-order valence-corrected chi connectivity index (χ2v) is 5.72. The van der Waals surface area contributed by atoms with E-state index in [1.807, 2.05) is 38.2 Å². The van der Waals surface area contributed by atoms with Gasteiger partial charge in [-0.25, -0.2) is 0 Å². The van der Waals surface area contributed by atoms with Crippen molar-refractivity contribution in [3.05, 3.63) is 34.3 Å². The molecule has 18 heavy (non-hydrogen) atoms. The van der Waals surface area contributed by atoms with Gasteiger partial charge in [-0.2, -0.15) is 0 Å². The van der Waals surface area contributed by atoms with E-state index < -0.39 is 0 Å². The molecule has 2 unspecified atom stereocenters. The Balaban J connectivity index is 1.98. The maximum absolute atomic E-state index is 12.2. The average Bonchev–Trinajstić information content (AvgIpc) is 2.78. The number of nitrogens with zero attached hydrogens (tertiary/aromatic N) is 1. The van der Waals surface area contributed by atoms with Crippen molar-refractivity contribution in [3.63, 3.8) is 0 Å². The summed E-state index contributed by atoms with van der Waals surface area (Å²) in [7, 11) is 1.85. The first-order valence-electron chi connectivity index (χ1n) is 6.18. The molecule has 0 N–H and O–H groups in total. The number of benzene rings is 1. The zero-order valence-electron chi connectivity index (χ0n) is 10.7. The fraction of sp³-hybridized carbons (Fsp3) is 0.500. The molecule has 3 nitrogen and oxygen atoms in total. The van der Waals surface area contributed by atoms with Crippen molar-refractivity contribution in [1.29, 1.82) is 0 Å². The van der Waals surface area contributed by atoms with E-state index in [4.69, 9.17) is 4.74 Å². The van der Waals surface area contributed by atoms with E-state index in [0.717, 1.165) is 16.5 Å². The molecule has 2 atom stereocenters. The Morgan fingerprint density at radius 3 is 2.83 bits per heavy atom. The van der Waals surface area contributed by atoms with Crippen LogP contribution in [0.2, 0.25) is 0 Å². The van der Waals surface area contributed by atoms with Gasteiger partial charge in [-0.05, 0) is 25.0 Å². The van der Waals surface area contributed by atoms with Crippen molar-refractivity contribution in [2.24, 2.45) is 5.92 Å². The van der Waals surface area contributed by atoms with E-state index in [1.165, 1.54) is 0 Å². The molecule has 1 fully saturated rings. The van der Waals surface area contributed by atoms with Crippen LogP contribution < -0.4 is 0 Å². The molecule has 2 rings (SSSR count). The summed E-state index contributed by atoms with van der Waals surface area (Å²) < 4.78 is 6.50. The second kappa shape index (κ2) is 5.85. The van der Waals surface area contributed by atoms with Crippen LogP contribution in [0.25, 0.3) is 0 Å². The Kier molecular flexibility index (Phi) is 4.40. The van der Waals surface area contributed by atoms with Crippen LogP contribution in [0.3, 0.4) is 0 Å². The summed E-state index contributed by atoms with van der Waals surface area (Å²) in [4.78, 5) is 14.0. The number of rotatable bonds is 3. The lowest BCUT2D eigenvalue weighted by atomic mass is 10.0. The van der Waals surface area contributed by atoms with Gasteiger partial charge in [-0.15, -0.1) is 0 Å². The number of carbonyl (C=O) groups excluding carboxylic acids is 1. The summed E-state index contributed by atoms with van der Waals surface area (Å²) in [5.74, 6) is 0.197. The van der Waals surface area contributed by atoms with E-state index in [0.29, 0.717) is 13.2 Å². The molecule has 0 aliphatic carbocycles. The Hall–Kier alpha value is -0.870. The Morgan fingerprint density at radius 1 is 1.50 bits per heavy atom. The normalized spacial score (nSPS) is 23.1. The smallest absolute Gasteiger partial charge is 0.228 e. The first kappa shape index (κ1) is 13.6. The molecule has 1 amide bonds. The fourth-order valence-electron chi connectivity index (χ4n) is 2.26. The summed E-state index contributed by atoms with van der Waals surface area (Å²) in [6.45, 7) is 3.20. The third-order valence-corrected chi connectivity index (χ3v) is 4.06. The molecule has 0 aromatic heterocycles. The van der Waals surface area contributed by atoms with E-state index in [1.54, 1.807) is 4.90 Å². The van der Waals surface area contributed by atoms with Gasteiger partial charge in [0.15, 0.2) is 0 Å². The molecular formula is C14H18BrNO2. The maximum Gasteiger partial charge on any atom is 0.228 e. The van der Waals surface area contributed by atoms with Crippen molar-refractivity contribution in [1.82, 2.24) is 4.90 Å². The molecule has 0 spiro atoms. The second-order valence-electron chi connectivity index (χ2n) is 4.86. The van der Waals surface area contributed by atoms with Gasteiger partial charge in [0.2, 0.25) is 5.91 Å². The molecule has 1 aliphatic rings. The van der Waals surface area contributed by atoms with E-state index >= 15 is 0 Å². The van der Waals surface area contributed by atoms with Gasteiger partial charge >= 0.3 is 0 Å². The Morgan fingerprint density at radius 2 is 2.22 bits per heavy atom. The van der Waals surface area contributed by atoms with Crippen LogP contribution in [0.5, 0.6) is 0 Å². The van der Waals surface area contributed by atoms with Gasteiger partial charge in [-0.3, -0.25) is 4.79 Å². The third-order valence-electron chi connectivity index (χ3n) is 3.29. The molecule has 1 aliphatic heterocycles. The summed E-state index contributed by atoms with van der Waals surface area (Å²) in [6, 6.07) is 7.98. The zero-order valence-corrected chi connectivity index (χ0v) is 12.3. The first-order valence-corrected chi connectivity index (χ1v) is 6.97. The fourth-order valence-corrected chi connectivity index (χ4v) is 2.67. The molecule has 1 heterocycles. The minimum Gasteiger partial charge on any atom is -0.378 e. The molecule has 98 valence electrons. The predicted molar refractivity (Wildman–Crippen MR) is 74.1 cm³/mol. The van der Waals surface area contributed by atoms with Gasteiger partial charge in [0.1, 0.15) is 0 Å². The monoisotopic (exact) mass is 311 g/mol. The van der Waals surface area contributed by atoms with Crippen molar-refractivity contribution in [2.45, 2.75) is 26.0 Å². The van der Waals surface area contributed by atoms with Crippen LogP contribution in [0, 0.1) is 5.92 Å². The molecule has 1 aromatic rings. The highest BCUT2D eigenvalue weighted by atomic mass is 79.9. The minimum absolute atomic E-state index is 0.0208. The largest absolute Gasteiger partial charge is 0.378 e. The molecule has 1 aromatic carbocycles. The Labute approximate surface area is 116 Å². The molecular weight excluding hydrogens is 294 g/mol. The average molecular weight is 312 g/mol. The van der Waals surface area contributed by atoms with Gasteiger partial charge in [0.05, 0.1) is 18.6 Å². The zero-order chi connectivity index (χ0) is 13.1.